The minimum atomic E-state index is -0.656. The molecule has 2 rings (SSSR count). The summed E-state index contributed by atoms with van der Waals surface area (Å²) in [5, 5.41) is 11.0. The number of hydrogen-bond acceptors (Lipinski definition) is 8. The number of nitrogen functional groups attached to an aromatic ring is 1. The molecule has 9 heteroatoms. The number of methoxy groups -OCH3 is 1. The molecule has 0 radical (unpaired) electrons. The predicted octanol–water partition coefficient (Wildman–Crippen LogP) is 0.844. The van der Waals surface area contributed by atoms with Crippen LogP contribution in [0.25, 0.3) is 0 Å². The molecular formula is C11H16N4O5. The summed E-state index contributed by atoms with van der Waals surface area (Å²) >= 11 is 0. The molecule has 20 heavy (non-hydrogen) atoms. The summed E-state index contributed by atoms with van der Waals surface area (Å²) in [5.41, 5.74) is 5.21. The smallest absolute Gasteiger partial charge is 0.372 e. The normalized spacial score (nSPS) is 18.1. The topological polar surface area (TPSA) is 123 Å². The second kappa shape index (κ2) is 6.44. The summed E-state index contributed by atoms with van der Waals surface area (Å²) in [6.45, 7) is 1.04. The van der Waals surface area contributed by atoms with Gasteiger partial charge in [0, 0.05) is 13.7 Å². The van der Waals surface area contributed by atoms with Crippen molar-refractivity contribution in [1.29, 1.82) is 0 Å². The Morgan fingerprint density at radius 3 is 2.90 bits per heavy atom. The van der Waals surface area contributed by atoms with Crippen LogP contribution in [0, 0.1) is 10.1 Å². The van der Waals surface area contributed by atoms with Gasteiger partial charge in [0.05, 0.1) is 11.5 Å². The first-order chi connectivity index (χ1) is 9.63. The molecule has 9 nitrogen and oxygen atoms in total. The highest BCUT2D eigenvalue weighted by atomic mass is 16.6. The van der Waals surface area contributed by atoms with Crippen LogP contribution in [0.1, 0.15) is 24.8 Å². The first kappa shape index (κ1) is 14.4. The van der Waals surface area contributed by atoms with Crippen molar-refractivity contribution in [1.82, 2.24) is 9.97 Å². The third-order valence-electron chi connectivity index (χ3n) is 2.82. The zero-order valence-corrected chi connectivity index (χ0v) is 11.1. The maximum absolute atomic E-state index is 11.0. The molecule has 0 spiro atoms. The van der Waals surface area contributed by atoms with Crippen LogP contribution in [0.15, 0.2) is 0 Å². The number of hydrogen-bond donors (Lipinski definition) is 1. The van der Waals surface area contributed by atoms with E-state index < -0.39 is 10.6 Å². The highest BCUT2D eigenvalue weighted by molar-refractivity contribution is 5.58. The van der Waals surface area contributed by atoms with Crippen molar-refractivity contribution in [3.05, 3.63) is 15.9 Å². The lowest BCUT2D eigenvalue weighted by Gasteiger charge is -2.11. The van der Waals surface area contributed by atoms with Gasteiger partial charge in [-0.3, -0.25) is 10.1 Å². The summed E-state index contributed by atoms with van der Waals surface area (Å²) in [6.07, 6.45) is 1.36. The van der Waals surface area contributed by atoms with E-state index in [4.69, 9.17) is 19.9 Å². The van der Waals surface area contributed by atoms with Crippen LogP contribution in [-0.4, -0.2) is 41.8 Å². The van der Waals surface area contributed by atoms with Crippen molar-refractivity contribution in [3.63, 3.8) is 0 Å². The molecule has 110 valence electrons. The van der Waals surface area contributed by atoms with Crippen LogP contribution in [0.3, 0.4) is 0 Å². The maximum atomic E-state index is 11.0. The zero-order valence-electron chi connectivity index (χ0n) is 11.1. The fourth-order valence-corrected chi connectivity index (χ4v) is 1.89. The summed E-state index contributed by atoms with van der Waals surface area (Å²) in [6, 6.07) is 0. The van der Waals surface area contributed by atoms with Crippen LogP contribution in [0.2, 0.25) is 0 Å². The van der Waals surface area contributed by atoms with E-state index in [2.05, 4.69) is 9.97 Å². The largest absolute Gasteiger partial charge is 0.470 e. The quantitative estimate of drug-likeness (QED) is 0.463. The van der Waals surface area contributed by atoms with Crippen molar-refractivity contribution in [2.75, 3.05) is 32.7 Å². The van der Waals surface area contributed by atoms with Gasteiger partial charge in [-0.15, -0.1) is 0 Å². The van der Waals surface area contributed by atoms with E-state index in [-0.39, 0.29) is 31.0 Å². The Labute approximate surface area is 115 Å². The van der Waals surface area contributed by atoms with Crippen molar-refractivity contribution >= 4 is 11.5 Å². The van der Waals surface area contributed by atoms with E-state index in [0.29, 0.717) is 12.4 Å². The highest BCUT2D eigenvalue weighted by Crippen LogP contribution is 2.34. The van der Waals surface area contributed by atoms with Gasteiger partial charge in [-0.2, -0.15) is 4.98 Å². The van der Waals surface area contributed by atoms with Gasteiger partial charge >= 0.3 is 5.69 Å². The maximum Gasteiger partial charge on any atom is 0.372 e. The number of nitro groups is 1. The Morgan fingerprint density at radius 1 is 1.50 bits per heavy atom. The van der Waals surface area contributed by atoms with Gasteiger partial charge < -0.3 is 19.9 Å². The molecule has 1 saturated heterocycles. The fraction of sp³-hybridized carbons (Fsp3) is 0.636. The molecule has 0 aromatic carbocycles. The van der Waals surface area contributed by atoms with E-state index in [1.165, 1.54) is 7.11 Å². The molecule has 0 amide bonds. The van der Waals surface area contributed by atoms with Crippen molar-refractivity contribution in [3.8, 4) is 5.88 Å². The van der Waals surface area contributed by atoms with Crippen molar-refractivity contribution in [2.45, 2.75) is 18.9 Å². The van der Waals surface area contributed by atoms with Gasteiger partial charge in [0.25, 0.3) is 5.88 Å². The standard InChI is InChI=1S/C11H16N4O5/c1-18-5-6-20-11-8(15(16)17)9(12)13-10(14-11)7-3-2-4-19-7/h7H,2-6H2,1H3,(H2,12,13,14). The van der Waals surface area contributed by atoms with Crippen LogP contribution in [0.4, 0.5) is 11.5 Å². The molecule has 0 aliphatic carbocycles. The van der Waals surface area contributed by atoms with E-state index in [0.717, 1.165) is 12.8 Å². The molecule has 0 saturated carbocycles. The van der Waals surface area contributed by atoms with Crippen LogP contribution < -0.4 is 10.5 Å². The van der Waals surface area contributed by atoms with Gasteiger partial charge in [0.15, 0.2) is 5.82 Å². The van der Waals surface area contributed by atoms with E-state index in [1.807, 2.05) is 0 Å². The van der Waals surface area contributed by atoms with E-state index >= 15 is 0 Å². The lowest BCUT2D eigenvalue weighted by atomic mass is 10.2. The molecule has 1 aliphatic heterocycles. The summed E-state index contributed by atoms with van der Waals surface area (Å²) < 4.78 is 15.5. The van der Waals surface area contributed by atoms with Crippen molar-refractivity contribution in [2.24, 2.45) is 0 Å². The number of anilines is 1. The SMILES string of the molecule is COCCOc1nc(C2CCCO2)nc(N)c1[N+](=O)[O-]. The second-order valence-electron chi connectivity index (χ2n) is 4.22. The lowest BCUT2D eigenvalue weighted by Crippen LogP contribution is -2.13. The molecule has 1 aromatic heterocycles. The summed E-state index contributed by atoms with van der Waals surface area (Å²) in [7, 11) is 1.50. The molecule has 2 heterocycles. The van der Waals surface area contributed by atoms with Gasteiger partial charge in [0.1, 0.15) is 12.7 Å². The fourth-order valence-electron chi connectivity index (χ4n) is 1.89. The van der Waals surface area contributed by atoms with E-state index in [9.17, 15) is 10.1 Å². The molecule has 2 N–H and O–H groups in total. The second-order valence-corrected chi connectivity index (χ2v) is 4.22. The number of ether oxygens (including phenoxy) is 3. The third-order valence-corrected chi connectivity index (χ3v) is 2.82. The van der Waals surface area contributed by atoms with E-state index in [1.54, 1.807) is 0 Å². The van der Waals surface area contributed by atoms with Crippen LogP contribution >= 0.6 is 0 Å². The van der Waals surface area contributed by atoms with Gasteiger partial charge in [-0.1, -0.05) is 0 Å². The van der Waals surface area contributed by atoms with Gasteiger partial charge in [0.2, 0.25) is 5.82 Å². The predicted molar refractivity (Wildman–Crippen MR) is 68.4 cm³/mol. The Hall–Kier alpha value is -2.00. The summed E-state index contributed by atoms with van der Waals surface area (Å²) in [4.78, 5) is 18.4. The molecule has 1 aliphatic rings. The molecule has 1 atom stereocenters. The average Bonchev–Trinajstić information content (AvgIpc) is 2.91. The average molecular weight is 284 g/mol. The number of nitrogens with two attached hydrogens (primary N) is 1. The first-order valence-electron chi connectivity index (χ1n) is 6.18. The molecule has 0 bridgehead atoms. The Balaban J connectivity index is 2.30. The van der Waals surface area contributed by atoms with Gasteiger partial charge in [-0.25, -0.2) is 4.98 Å². The monoisotopic (exact) mass is 284 g/mol. The Morgan fingerprint density at radius 2 is 2.30 bits per heavy atom. The minimum Gasteiger partial charge on any atom is -0.470 e. The zero-order chi connectivity index (χ0) is 14.5. The summed E-state index contributed by atoms with van der Waals surface area (Å²) in [5.74, 6) is -0.0500. The molecule has 1 fully saturated rings. The molecule has 1 aromatic rings. The Kier molecular flexibility index (Phi) is 4.64. The molecular weight excluding hydrogens is 268 g/mol. The van der Waals surface area contributed by atoms with Crippen LogP contribution in [-0.2, 0) is 9.47 Å². The minimum absolute atomic E-state index is 0.138. The lowest BCUT2D eigenvalue weighted by molar-refractivity contribution is -0.385. The number of rotatable bonds is 6. The number of nitrogens with zero attached hydrogens (tertiary/aromatic N) is 3. The highest BCUT2D eigenvalue weighted by Gasteiger charge is 2.29. The Bertz CT molecular complexity index is 490. The van der Waals surface area contributed by atoms with Crippen molar-refractivity contribution < 1.29 is 19.1 Å². The number of aromatic nitrogens is 2. The van der Waals surface area contributed by atoms with Crippen LogP contribution in [0.5, 0.6) is 5.88 Å². The molecule has 1 unspecified atom stereocenters. The first-order valence-corrected chi connectivity index (χ1v) is 6.18. The van der Waals surface area contributed by atoms with Gasteiger partial charge in [-0.05, 0) is 12.8 Å². The third kappa shape index (κ3) is 3.11.